The molecule has 0 radical (unpaired) electrons. The average molecular weight is 331 g/mol. The van der Waals surface area contributed by atoms with Gasteiger partial charge in [0.25, 0.3) is 0 Å². The maximum atomic E-state index is 13.8. The number of nitrogens with zero attached hydrogens (tertiary/aromatic N) is 2. The first-order valence-electron chi connectivity index (χ1n) is 7.85. The molecular formula is C18H19F2N3O. The molecule has 1 N–H and O–H groups in total. The smallest absolute Gasteiger partial charge is 0.321 e. The summed E-state index contributed by atoms with van der Waals surface area (Å²) in [6, 6.07) is 11.0. The Morgan fingerprint density at radius 3 is 2.46 bits per heavy atom. The summed E-state index contributed by atoms with van der Waals surface area (Å²) in [5, 5.41) is 2.87. The summed E-state index contributed by atoms with van der Waals surface area (Å²) < 4.78 is 26.8. The van der Waals surface area contributed by atoms with Crippen molar-refractivity contribution >= 4 is 17.4 Å². The lowest BCUT2D eigenvalue weighted by Gasteiger charge is -2.36. The third-order valence-electron chi connectivity index (χ3n) is 4.09. The number of anilines is 2. The van der Waals surface area contributed by atoms with E-state index < -0.39 is 11.6 Å². The highest BCUT2D eigenvalue weighted by Gasteiger charge is 2.23. The third kappa shape index (κ3) is 3.64. The first-order valence-corrected chi connectivity index (χ1v) is 7.85. The van der Waals surface area contributed by atoms with Crippen LogP contribution >= 0.6 is 0 Å². The van der Waals surface area contributed by atoms with E-state index in [2.05, 4.69) is 5.32 Å². The second kappa shape index (κ2) is 6.86. The molecule has 2 aromatic carbocycles. The summed E-state index contributed by atoms with van der Waals surface area (Å²) >= 11 is 0. The first-order chi connectivity index (χ1) is 11.5. The van der Waals surface area contributed by atoms with Crippen LogP contribution in [0.4, 0.5) is 25.0 Å². The fourth-order valence-corrected chi connectivity index (χ4v) is 2.81. The van der Waals surface area contributed by atoms with Gasteiger partial charge >= 0.3 is 6.03 Å². The molecule has 0 spiro atoms. The van der Waals surface area contributed by atoms with Crippen LogP contribution in [-0.2, 0) is 0 Å². The highest BCUT2D eigenvalue weighted by atomic mass is 19.1. The van der Waals surface area contributed by atoms with Crippen molar-refractivity contribution < 1.29 is 13.6 Å². The number of piperazine rings is 1. The summed E-state index contributed by atoms with van der Waals surface area (Å²) in [6.45, 7) is 3.93. The van der Waals surface area contributed by atoms with E-state index in [1.807, 2.05) is 36.1 Å². The molecule has 126 valence electrons. The first kappa shape index (κ1) is 16.2. The quantitative estimate of drug-likeness (QED) is 0.912. The Kier molecular flexibility index (Phi) is 4.64. The molecule has 1 aliphatic heterocycles. The number of amides is 2. The summed E-state index contributed by atoms with van der Waals surface area (Å²) in [5.41, 5.74) is 2.20. The van der Waals surface area contributed by atoms with Crippen LogP contribution < -0.4 is 10.2 Å². The van der Waals surface area contributed by atoms with Crippen LogP contribution in [0.1, 0.15) is 5.56 Å². The Balaban J connectivity index is 1.59. The molecule has 24 heavy (non-hydrogen) atoms. The van der Waals surface area contributed by atoms with Crippen molar-refractivity contribution in [3.05, 3.63) is 59.7 Å². The predicted octanol–water partition coefficient (Wildman–Crippen LogP) is 3.63. The van der Waals surface area contributed by atoms with Crippen molar-refractivity contribution in [2.45, 2.75) is 6.92 Å². The van der Waals surface area contributed by atoms with Crippen molar-refractivity contribution in [3.8, 4) is 0 Å². The molecule has 1 aliphatic rings. The lowest BCUT2D eigenvalue weighted by atomic mass is 10.2. The number of hydrogen-bond donors (Lipinski definition) is 1. The molecule has 0 unspecified atom stereocenters. The molecule has 0 aliphatic carbocycles. The van der Waals surface area contributed by atoms with E-state index in [9.17, 15) is 13.6 Å². The number of halogens is 2. The van der Waals surface area contributed by atoms with Crippen molar-refractivity contribution in [3.63, 3.8) is 0 Å². The molecule has 2 amide bonds. The Labute approximate surface area is 139 Å². The molecule has 0 bridgehead atoms. The molecule has 1 saturated heterocycles. The van der Waals surface area contributed by atoms with Gasteiger partial charge in [-0.05, 0) is 36.8 Å². The standard InChI is InChI=1S/C18H19F2N3O/c1-13-3-2-4-15(11-13)21-18(24)23-9-7-22(8-10-23)17-6-5-14(19)12-16(17)20/h2-6,11-12H,7-10H2,1H3,(H,21,24). The molecule has 3 rings (SSSR count). The lowest BCUT2D eigenvalue weighted by Crippen LogP contribution is -2.50. The molecule has 0 saturated carbocycles. The van der Waals surface area contributed by atoms with E-state index in [4.69, 9.17) is 0 Å². The molecule has 2 aromatic rings. The van der Waals surface area contributed by atoms with Crippen LogP contribution in [0.2, 0.25) is 0 Å². The number of rotatable bonds is 2. The van der Waals surface area contributed by atoms with Gasteiger partial charge in [0.05, 0.1) is 5.69 Å². The van der Waals surface area contributed by atoms with Crippen molar-refractivity contribution in [1.29, 1.82) is 0 Å². The zero-order valence-corrected chi connectivity index (χ0v) is 13.4. The van der Waals surface area contributed by atoms with Crippen molar-refractivity contribution in [2.24, 2.45) is 0 Å². The Bertz CT molecular complexity index is 743. The Morgan fingerprint density at radius 1 is 1.04 bits per heavy atom. The zero-order chi connectivity index (χ0) is 17.1. The number of urea groups is 1. The van der Waals surface area contributed by atoms with E-state index in [0.29, 0.717) is 31.9 Å². The van der Waals surface area contributed by atoms with Gasteiger partial charge < -0.3 is 15.1 Å². The fraction of sp³-hybridized carbons (Fsp3) is 0.278. The van der Waals surface area contributed by atoms with Gasteiger partial charge in [0.15, 0.2) is 0 Å². The van der Waals surface area contributed by atoms with Gasteiger partial charge in [-0.3, -0.25) is 0 Å². The highest BCUT2D eigenvalue weighted by molar-refractivity contribution is 5.89. The number of hydrogen-bond acceptors (Lipinski definition) is 2. The summed E-state index contributed by atoms with van der Waals surface area (Å²) in [4.78, 5) is 15.8. The topological polar surface area (TPSA) is 35.6 Å². The summed E-state index contributed by atoms with van der Waals surface area (Å²) in [6.07, 6.45) is 0. The molecule has 4 nitrogen and oxygen atoms in total. The third-order valence-corrected chi connectivity index (χ3v) is 4.09. The maximum Gasteiger partial charge on any atom is 0.321 e. The predicted molar refractivity (Wildman–Crippen MR) is 90.3 cm³/mol. The van der Waals surface area contributed by atoms with E-state index in [0.717, 1.165) is 17.3 Å². The molecule has 1 heterocycles. The largest absolute Gasteiger partial charge is 0.366 e. The van der Waals surface area contributed by atoms with Gasteiger partial charge in [0.2, 0.25) is 0 Å². The fourth-order valence-electron chi connectivity index (χ4n) is 2.81. The Hall–Kier alpha value is -2.63. The van der Waals surface area contributed by atoms with Crippen LogP contribution in [0, 0.1) is 18.6 Å². The normalized spacial score (nSPS) is 14.6. The van der Waals surface area contributed by atoms with Crippen LogP contribution in [0.15, 0.2) is 42.5 Å². The van der Waals surface area contributed by atoms with Crippen LogP contribution in [-0.4, -0.2) is 37.1 Å². The Morgan fingerprint density at radius 2 is 1.79 bits per heavy atom. The number of carbonyl (C=O) groups is 1. The van der Waals surface area contributed by atoms with Gasteiger partial charge in [-0.15, -0.1) is 0 Å². The van der Waals surface area contributed by atoms with E-state index in [-0.39, 0.29) is 6.03 Å². The molecule has 0 atom stereocenters. The number of benzene rings is 2. The SMILES string of the molecule is Cc1cccc(NC(=O)N2CCN(c3ccc(F)cc3F)CC2)c1. The average Bonchev–Trinajstić information content (AvgIpc) is 2.55. The molecule has 1 fully saturated rings. The molecular weight excluding hydrogens is 312 g/mol. The summed E-state index contributed by atoms with van der Waals surface area (Å²) in [5.74, 6) is -1.17. The highest BCUT2D eigenvalue weighted by Crippen LogP contribution is 2.22. The maximum absolute atomic E-state index is 13.8. The minimum Gasteiger partial charge on any atom is -0.366 e. The van der Waals surface area contributed by atoms with E-state index >= 15 is 0 Å². The second-order valence-corrected chi connectivity index (χ2v) is 5.87. The van der Waals surface area contributed by atoms with Crippen molar-refractivity contribution in [2.75, 3.05) is 36.4 Å². The van der Waals surface area contributed by atoms with Gasteiger partial charge in [-0.25, -0.2) is 13.6 Å². The van der Waals surface area contributed by atoms with Crippen LogP contribution in [0.5, 0.6) is 0 Å². The zero-order valence-electron chi connectivity index (χ0n) is 13.4. The molecule has 0 aromatic heterocycles. The van der Waals surface area contributed by atoms with Crippen molar-refractivity contribution in [1.82, 2.24) is 4.90 Å². The lowest BCUT2D eigenvalue weighted by molar-refractivity contribution is 0.208. The van der Waals surface area contributed by atoms with Gasteiger partial charge in [0.1, 0.15) is 11.6 Å². The number of nitrogens with one attached hydrogen (secondary N) is 1. The van der Waals surface area contributed by atoms with E-state index in [1.54, 1.807) is 4.90 Å². The van der Waals surface area contributed by atoms with Gasteiger partial charge in [0, 0.05) is 37.9 Å². The number of carbonyl (C=O) groups excluding carboxylic acids is 1. The van der Waals surface area contributed by atoms with Gasteiger partial charge in [-0.2, -0.15) is 0 Å². The minimum absolute atomic E-state index is 0.167. The van der Waals surface area contributed by atoms with Crippen LogP contribution in [0.25, 0.3) is 0 Å². The second-order valence-electron chi connectivity index (χ2n) is 5.87. The molecule has 6 heteroatoms. The minimum atomic E-state index is -0.590. The van der Waals surface area contributed by atoms with Gasteiger partial charge in [-0.1, -0.05) is 12.1 Å². The summed E-state index contributed by atoms with van der Waals surface area (Å²) in [7, 11) is 0. The monoisotopic (exact) mass is 331 g/mol. The van der Waals surface area contributed by atoms with Crippen LogP contribution in [0.3, 0.4) is 0 Å². The van der Waals surface area contributed by atoms with E-state index in [1.165, 1.54) is 12.1 Å². The number of aryl methyl sites for hydroxylation is 1.